The lowest BCUT2D eigenvalue weighted by Gasteiger charge is -2.33. The van der Waals surface area contributed by atoms with Gasteiger partial charge in [-0.05, 0) is 56.7 Å². The van der Waals surface area contributed by atoms with Crippen molar-refractivity contribution in [2.24, 2.45) is 5.92 Å². The number of rotatable bonds is 4. The summed E-state index contributed by atoms with van der Waals surface area (Å²) in [6.07, 6.45) is 3.87. The number of hydrogen-bond acceptors (Lipinski definition) is 4. The molecule has 150 valence electrons. The molecule has 1 saturated heterocycles. The SMILES string of the molecule is O=C(NC1CCC(O)CC1)C1CCCN(S(=O)(=O)c2cc(Cl)cc(Cl)c2)C1. The molecule has 1 aliphatic heterocycles. The fourth-order valence-electron chi connectivity index (χ4n) is 3.74. The molecule has 1 amide bonds. The summed E-state index contributed by atoms with van der Waals surface area (Å²) in [7, 11) is -3.76. The summed E-state index contributed by atoms with van der Waals surface area (Å²) in [5.74, 6) is -0.490. The number of amides is 1. The van der Waals surface area contributed by atoms with E-state index in [1.54, 1.807) is 0 Å². The van der Waals surface area contributed by atoms with Crippen molar-refractivity contribution in [3.05, 3.63) is 28.2 Å². The molecule has 6 nitrogen and oxygen atoms in total. The van der Waals surface area contributed by atoms with Crippen LogP contribution in [-0.4, -0.2) is 49.0 Å². The molecule has 27 heavy (non-hydrogen) atoms. The third-order valence-electron chi connectivity index (χ3n) is 5.27. The van der Waals surface area contributed by atoms with Gasteiger partial charge in [0.05, 0.1) is 16.9 Å². The van der Waals surface area contributed by atoms with Gasteiger partial charge in [-0.2, -0.15) is 4.31 Å². The Kier molecular flexibility index (Phi) is 6.69. The second kappa shape index (κ2) is 8.66. The minimum atomic E-state index is -3.76. The molecular weight excluding hydrogens is 411 g/mol. The molecule has 2 fully saturated rings. The number of halogens is 2. The number of piperidine rings is 1. The maximum Gasteiger partial charge on any atom is 0.243 e. The number of carbonyl (C=O) groups excluding carboxylic acids is 1. The van der Waals surface area contributed by atoms with Crippen LogP contribution in [-0.2, 0) is 14.8 Å². The summed E-state index contributed by atoms with van der Waals surface area (Å²) in [5, 5.41) is 13.1. The lowest BCUT2D eigenvalue weighted by atomic mass is 9.92. The normalized spacial score (nSPS) is 27.3. The molecule has 9 heteroatoms. The molecule has 0 radical (unpaired) electrons. The highest BCUT2D eigenvalue weighted by Gasteiger charge is 2.34. The Bertz CT molecular complexity index is 774. The fraction of sp³-hybridized carbons (Fsp3) is 0.611. The summed E-state index contributed by atoms with van der Waals surface area (Å²) in [4.78, 5) is 12.7. The number of hydrogen-bond donors (Lipinski definition) is 2. The van der Waals surface area contributed by atoms with Gasteiger partial charge in [-0.15, -0.1) is 0 Å². The standard InChI is InChI=1S/C18H24Cl2N2O4S/c19-13-8-14(20)10-17(9-13)27(25,26)22-7-1-2-12(11-22)18(24)21-15-3-5-16(23)6-4-15/h8-10,12,15-16,23H,1-7,11H2,(H,21,24). The minimum absolute atomic E-state index is 0.0438. The van der Waals surface area contributed by atoms with E-state index in [9.17, 15) is 18.3 Å². The predicted molar refractivity (Wildman–Crippen MR) is 104 cm³/mol. The monoisotopic (exact) mass is 434 g/mol. The molecule has 1 aromatic carbocycles. The predicted octanol–water partition coefficient (Wildman–Crippen LogP) is 2.81. The Hall–Kier alpha value is -0.860. The largest absolute Gasteiger partial charge is 0.393 e. The number of aliphatic hydroxyl groups is 1. The Labute approximate surface area is 169 Å². The van der Waals surface area contributed by atoms with Crippen molar-refractivity contribution in [1.82, 2.24) is 9.62 Å². The van der Waals surface area contributed by atoms with Crippen LogP contribution in [0.4, 0.5) is 0 Å². The zero-order valence-corrected chi connectivity index (χ0v) is 17.2. The molecule has 0 aromatic heterocycles. The lowest BCUT2D eigenvalue weighted by Crippen LogP contribution is -2.48. The van der Waals surface area contributed by atoms with Gasteiger partial charge in [-0.1, -0.05) is 23.2 Å². The van der Waals surface area contributed by atoms with Crippen LogP contribution in [0.15, 0.2) is 23.1 Å². The Morgan fingerprint density at radius 3 is 2.33 bits per heavy atom. The van der Waals surface area contributed by atoms with Gasteiger partial charge in [0.1, 0.15) is 0 Å². The fourth-order valence-corrected chi connectivity index (χ4v) is 5.99. The zero-order valence-electron chi connectivity index (χ0n) is 14.9. The first kappa shape index (κ1) is 20.9. The van der Waals surface area contributed by atoms with Crippen LogP contribution >= 0.6 is 23.2 Å². The first-order valence-corrected chi connectivity index (χ1v) is 11.4. The van der Waals surface area contributed by atoms with E-state index in [4.69, 9.17) is 23.2 Å². The third-order valence-corrected chi connectivity index (χ3v) is 7.55. The molecule has 0 spiro atoms. The van der Waals surface area contributed by atoms with Gasteiger partial charge < -0.3 is 10.4 Å². The third kappa shape index (κ3) is 5.15. The van der Waals surface area contributed by atoms with E-state index >= 15 is 0 Å². The van der Waals surface area contributed by atoms with Crippen molar-refractivity contribution < 1.29 is 18.3 Å². The number of carbonyl (C=O) groups is 1. The van der Waals surface area contributed by atoms with Gasteiger partial charge >= 0.3 is 0 Å². The van der Waals surface area contributed by atoms with Crippen molar-refractivity contribution in [3.63, 3.8) is 0 Å². The quantitative estimate of drug-likeness (QED) is 0.762. The highest BCUT2D eigenvalue weighted by atomic mass is 35.5. The minimum Gasteiger partial charge on any atom is -0.393 e. The average Bonchev–Trinajstić information content (AvgIpc) is 2.63. The molecule has 1 aliphatic carbocycles. The molecule has 2 aliphatic rings. The topological polar surface area (TPSA) is 86.7 Å². The van der Waals surface area contributed by atoms with E-state index in [1.807, 2.05) is 0 Å². The van der Waals surface area contributed by atoms with Crippen molar-refractivity contribution in [1.29, 1.82) is 0 Å². The van der Waals surface area contributed by atoms with Crippen LogP contribution in [0.2, 0.25) is 10.0 Å². The van der Waals surface area contributed by atoms with Gasteiger partial charge in [-0.25, -0.2) is 8.42 Å². The van der Waals surface area contributed by atoms with E-state index < -0.39 is 10.0 Å². The lowest BCUT2D eigenvalue weighted by molar-refractivity contribution is -0.127. The van der Waals surface area contributed by atoms with Crippen LogP contribution in [0.3, 0.4) is 0 Å². The van der Waals surface area contributed by atoms with Crippen molar-refractivity contribution in [2.45, 2.75) is 55.6 Å². The van der Waals surface area contributed by atoms with Crippen molar-refractivity contribution in [2.75, 3.05) is 13.1 Å². The number of benzene rings is 1. The molecule has 2 N–H and O–H groups in total. The Balaban J connectivity index is 1.67. The molecule has 1 atom stereocenters. The van der Waals surface area contributed by atoms with Gasteiger partial charge in [0.2, 0.25) is 15.9 Å². The van der Waals surface area contributed by atoms with Crippen LogP contribution < -0.4 is 5.32 Å². The number of sulfonamides is 1. The maximum atomic E-state index is 12.9. The van der Waals surface area contributed by atoms with Crippen LogP contribution in [0, 0.1) is 5.92 Å². The van der Waals surface area contributed by atoms with E-state index in [0.29, 0.717) is 32.2 Å². The number of nitrogens with zero attached hydrogens (tertiary/aromatic N) is 1. The van der Waals surface area contributed by atoms with Gasteiger partial charge in [0.25, 0.3) is 0 Å². The first-order chi connectivity index (χ1) is 12.8. The summed E-state index contributed by atoms with van der Waals surface area (Å²) in [6.45, 7) is 0.513. The molecule has 1 heterocycles. The van der Waals surface area contributed by atoms with Crippen LogP contribution in [0.1, 0.15) is 38.5 Å². The first-order valence-electron chi connectivity index (χ1n) is 9.20. The maximum absolute atomic E-state index is 12.9. The van der Waals surface area contributed by atoms with E-state index in [2.05, 4.69) is 5.32 Å². The van der Waals surface area contributed by atoms with Gasteiger partial charge in [0.15, 0.2) is 0 Å². The van der Waals surface area contributed by atoms with Crippen molar-refractivity contribution in [3.8, 4) is 0 Å². The molecule has 1 saturated carbocycles. The van der Waals surface area contributed by atoms with E-state index in [-0.39, 0.29) is 45.5 Å². The average molecular weight is 435 g/mol. The number of nitrogens with one attached hydrogen (secondary N) is 1. The summed E-state index contributed by atoms with van der Waals surface area (Å²) in [5.41, 5.74) is 0. The van der Waals surface area contributed by atoms with Crippen molar-refractivity contribution >= 4 is 39.1 Å². The van der Waals surface area contributed by atoms with E-state index in [1.165, 1.54) is 22.5 Å². The van der Waals surface area contributed by atoms with E-state index in [0.717, 1.165) is 12.8 Å². The second-order valence-electron chi connectivity index (χ2n) is 7.32. The second-order valence-corrected chi connectivity index (χ2v) is 10.1. The van der Waals surface area contributed by atoms with Gasteiger partial charge in [-0.3, -0.25) is 4.79 Å². The summed E-state index contributed by atoms with van der Waals surface area (Å²) in [6, 6.07) is 4.29. The van der Waals surface area contributed by atoms with Gasteiger partial charge in [0, 0.05) is 29.2 Å². The van der Waals surface area contributed by atoms with Crippen LogP contribution in [0.25, 0.3) is 0 Å². The molecule has 1 aromatic rings. The molecular formula is C18H24Cl2N2O4S. The smallest absolute Gasteiger partial charge is 0.243 e. The van der Waals surface area contributed by atoms with Crippen LogP contribution in [0.5, 0.6) is 0 Å². The highest BCUT2D eigenvalue weighted by Crippen LogP contribution is 2.28. The summed E-state index contributed by atoms with van der Waals surface area (Å²) < 4.78 is 27.2. The molecule has 1 unspecified atom stereocenters. The number of aliphatic hydroxyl groups excluding tert-OH is 1. The zero-order chi connectivity index (χ0) is 19.6. The molecule has 3 rings (SSSR count). The molecule has 0 bridgehead atoms. The summed E-state index contributed by atoms with van der Waals surface area (Å²) >= 11 is 11.9. The Morgan fingerprint density at radius 2 is 1.70 bits per heavy atom. The Morgan fingerprint density at radius 1 is 1.07 bits per heavy atom. The highest BCUT2D eigenvalue weighted by molar-refractivity contribution is 7.89.